The largest absolute Gasteiger partial charge is 0.508 e. The first-order chi connectivity index (χ1) is 31.4. The van der Waals surface area contributed by atoms with Gasteiger partial charge in [-0.25, -0.2) is 0 Å². The highest BCUT2D eigenvalue weighted by molar-refractivity contribution is 5.97. The normalized spacial score (nSPS) is 18.8. The van der Waals surface area contributed by atoms with Crippen LogP contribution in [0.2, 0.25) is 0 Å². The lowest BCUT2D eigenvalue weighted by atomic mass is 10.0. The summed E-state index contributed by atoms with van der Waals surface area (Å²) in [6.45, 7) is 3.05. The fourth-order valence-corrected chi connectivity index (χ4v) is 8.14. The van der Waals surface area contributed by atoms with Gasteiger partial charge in [0.15, 0.2) is 5.96 Å². The average Bonchev–Trinajstić information content (AvgIpc) is 3.30. The van der Waals surface area contributed by atoms with Crippen molar-refractivity contribution in [2.75, 3.05) is 26.2 Å². The molecule has 4 unspecified atom stereocenters. The van der Waals surface area contributed by atoms with Gasteiger partial charge in [0.05, 0.1) is 6.54 Å². The number of hydrogen-bond donors (Lipinski definition) is 8. The van der Waals surface area contributed by atoms with E-state index in [4.69, 9.17) is 11.5 Å². The number of unbranched alkanes of at least 4 members (excludes halogenated alkanes) is 3. The number of amides is 5. The van der Waals surface area contributed by atoms with Crippen LogP contribution in [0.5, 0.6) is 5.75 Å². The molecular weight excluding hydrogens is 823 g/mol. The lowest BCUT2D eigenvalue weighted by Gasteiger charge is -2.33. The lowest BCUT2D eigenvalue weighted by Crippen LogP contribution is -2.58. The number of nitrogens with two attached hydrogens (primary N) is 2. The van der Waals surface area contributed by atoms with E-state index in [0.29, 0.717) is 18.4 Å². The van der Waals surface area contributed by atoms with Gasteiger partial charge in [0.1, 0.15) is 29.9 Å². The van der Waals surface area contributed by atoms with Crippen LogP contribution < -0.4 is 38.1 Å². The van der Waals surface area contributed by atoms with Gasteiger partial charge >= 0.3 is 0 Å². The van der Waals surface area contributed by atoms with Crippen molar-refractivity contribution < 1.29 is 29.1 Å². The number of nitrogens with zero attached hydrogens (tertiary/aromatic N) is 2. The zero-order chi connectivity index (χ0) is 46.1. The number of phenols is 1. The lowest BCUT2D eigenvalue weighted by molar-refractivity contribution is -0.143. The van der Waals surface area contributed by atoms with Crippen LogP contribution in [0, 0.1) is 0 Å². The molecule has 0 radical (unpaired) electrons. The Kier molecular flexibility index (Phi) is 17.3. The number of hydrogen-bond acceptors (Lipinski definition) is 8. The van der Waals surface area contributed by atoms with E-state index in [2.05, 4.69) is 61.9 Å². The molecule has 5 aromatic carbocycles. The Bertz CT molecular complexity index is 2450. The van der Waals surface area contributed by atoms with Crippen molar-refractivity contribution in [2.45, 2.75) is 89.0 Å². The summed E-state index contributed by atoms with van der Waals surface area (Å²) in [5, 5.41) is 29.1. The molecule has 4 atom stereocenters. The maximum Gasteiger partial charge on any atom is 0.246 e. The van der Waals surface area contributed by atoms with E-state index < -0.39 is 60.2 Å². The molecule has 6 rings (SSSR count). The van der Waals surface area contributed by atoms with E-state index in [1.165, 1.54) is 33.4 Å². The van der Waals surface area contributed by atoms with Crippen molar-refractivity contribution in [3.8, 4) is 5.75 Å². The highest BCUT2D eigenvalue weighted by atomic mass is 16.3. The van der Waals surface area contributed by atoms with Gasteiger partial charge in [0.2, 0.25) is 29.5 Å². The van der Waals surface area contributed by atoms with E-state index in [9.17, 15) is 29.1 Å². The van der Waals surface area contributed by atoms with Crippen LogP contribution in [0.15, 0.2) is 114 Å². The molecule has 0 saturated carbocycles. The molecule has 15 heteroatoms. The Balaban J connectivity index is 1.20. The number of phenolic OH excluding ortho intramolecular Hbond substituents is 1. The molecule has 1 aliphatic rings. The third kappa shape index (κ3) is 14.0. The molecular formula is C50H61N9O6. The summed E-state index contributed by atoms with van der Waals surface area (Å²) in [5.41, 5.74) is 13.8. The van der Waals surface area contributed by atoms with Crippen molar-refractivity contribution in [1.29, 1.82) is 0 Å². The van der Waals surface area contributed by atoms with Crippen LogP contribution in [-0.4, -0.2) is 95.8 Å². The summed E-state index contributed by atoms with van der Waals surface area (Å²) >= 11 is 0. The average molecular weight is 884 g/mol. The smallest absolute Gasteiger partial charge is 0.246 e. The second-order valence-electron chi connectivity index (χ2n) is 16.6. The molecule has 342 valence electrons. The van der Waals surface area contributed by atoms with Gasteiger partial charge in [-0.3, -0.25) is 29.0 Å². The van der Waals surface area contributed by atoms with E-state index in [1.54, 1.807) is 19.1 Å². The number of benzene rings is 5. The molecule has 1 fully saturated rings. The Labute approximate surface area is 379 Å². The van der Waals surface area contributed by atoms with Gasteiger partial charge in [-0.05, 0) is 89.5 Å². The zero-order valence-electron chi connectivity index (χ0n) is 36.9. The Morgan fingerprint density at radius 2 is 1.37 bits per heavy atom. The second-order valence-corrected chi connectivity index (χ2v) is 16.6. The minimum Gasteiger partial charge on any atom is -0.508 e. The molecule has 15 nitrogen and oxygen atoms in total. The van der Waals surface area contributed by atoms with Crippen LogP contribution in [-0.2, 0) is 43.4 Å². The predicted molar refractivity (Wildman–Crippen MR) is 253 cm³/mol. The summed E-state index contributed by atoms with van der Waals surface area (Å²) in [5.74, 6) is -3.04. The fraction of sp³-hybridized carbons (Fsp3) is 0.360. The van der Waals surface area contributed by atoms with Crippen molar-refractivity contribution in [1.82, 2.24) is 31.5 Å². The molecule has 5 aromatic rings. The quantitative estimate of drug-likeness (QED) is 0.0386. The third-order valence-corrected chi connectivity index (χ3v) is 11.7. The molecule has 0 spiro atoms. The summed E-state index contributed by atoms with van der Waals surface area (Å²) in [6.07, 6.45) is 3.69. The molecule has 0 aromatic heterocycles. The second kappa shape index (κ2) is 23.6. The number of fused-ring (bicyclic) bond motifs is 2. The number of aromatic hydroxyl groups is 1. The predicted octanol–water partition coefficient (Wildman–Crippen LogP) is 3.69. The summed E-state index contributed by atoms with van der Waals surface area (Å²) in [4.78, 5) is 76.2. The van der Waals surface area contributed by atoms with Gasteiger partial charge in [0, 0.05) is 32.5 Å². The Morgan fingerprint density at radius 3 is 2.15 bits per heavy atom. The van der Waals surface area contributed by atoms with Crippen molar-refractivity contribution in [3.63, 3.8) is 0 Å². The summed E-state index contributed by atoms with van der Waals surface area (Å²) in [7, 11) is 0. The van der Waals surface area contributed by atoms with Crippen molar-refractivity contribution in [2.24, 2.45) is 16.5 Å². The minimum atomic E-state index is -1.13. The number of carbonyl (C=O) groups excluding carboxylic acids is 5. The zero-order valence-corrected chi connectivity index (χ0v) is 36.9. The number of carbonyl (C=O) groups is 5. The first kappa shape index (κ1) is 47.5. The Morgan fingerprint density at radius 1 is 0.692 bits per heavy atom. The van der Waals surface area contributed by atoms with Gasteiger partial charge < -0.3 is 48.1 Å². The van der Waals surface area contributed by atoms with Gasteiger partial charge in [-0.15, -0.1) is 0 Å². The fourth-order valence-electron chi connectivity index (χ4n) is 8.14. The van der Waals surface area contributed by atoms with E-state index in [1.807, 2.05) is 54.6 Å². The SMILES string of the molecule is CC1C(=O)NC(CCCN=C(N)N)C(=O)NC(Cc2ccc3ccccc3c2)C(=O)NCC(=O)NC(Cc2ccc(O)cc2)C(=O)N1CCCCCCNCc1cccc2ccccc12. The highest BCUT2D eigenvalue weighted by Crippen LogP contribution is 2.20. The molecule has 0 bridgehead atoms. The summed E-state index contributed by atoms with van der Waals surface area (Å²) in [6, 6.07) is 30.0. The molecule has 1 saturated heterocycles. The van der Waals surface area contributed by atoms with Gasteiger partial charge in [0.25, 0.3) is 0 Å². The number of aliphatic imine (C=N–C) groups is 1. The maximum atomic E-state index is 14.7. The highest BCUT2D eigenvalue weighted by Gasteiger charge is 2.35. The minimum absolute atomic E-state index is 0.0406. The standard InChI is InChI=1S/C50H61N9O6/c1-33-46(62)57-42(18-11-26-54-50(51)52)48(64)58-43(30-35-19-22-36-12-4-5-14-38(36)28-35)47(63)55-32-45(61)56-44(29-34-20-23-40(60)24-21-34)49(65)59(33)27-9-3-2-8-25-53-31-39-16-10-15-37-13-6-7-17-41(37)39/h4-7,10,12-17,19-24,28,33,42-44,53,60H,2-3,8-9,11,18,25-27,29-32H2,1H3,(H,55,63)(H,56,61)(H,57,62)(H,58,64)(H4,51,52,54). The number of guanidine groups is 1. The third-order valence-electron chi connectivity index (χ3n) is 11.7. The molecule has 1 aliphatic heterocycles. The van der Waals surface area contributed by atoms with Crippen molar-refractivity contribution in [3.05, 3.63) is 126 Å². The monoisotopic (exact) mass is 883 g/mol. The van der Waals surface area contributed by atoms with Crippen LogP contribution in [0.3, 0.4) is 0 Å². The summed E-state index contributed by atoms with van der Waals surface area (Å²) < 4.78 is 0. The van der Waals surface area contributed by atoms with Crippen molar-refractivity contribution >= 4 is 57.0 Å². The first-order valence-electron chi connectivity index (χ1n) is 22.4. The molecule has 10 N–H and O–H groups in total. The van der Waals surface area contributed by atoms with Gasteiger partial charge in [-0.1, -0.05) is 110 Å². The molecule has 65 heavy (non-hydrogen) atoms. The number of rotatable bonds is 17. The van der Waals surface area contributed by atoms with Crippen LogP contribution in [0.1, 0.15) is 62.1 Å². The first-order valence-corrected chi connectivity index (χ1v) is 22.4. The molecule has 1 heterocycles. The van der Waals surface area contributed by atoms with E-state index in [0.717, 1.165) is 48.7 Å². The maximum absolute atomic E-state index is 14.7. The molecule has 5 amide bonds. The van der Waals surface area contributed by atoms with Crippen LogP contribution in [0.4, 0.5) is 0 Å². The van der Waals surface area contributed by atoms with Gasteiger partial charge in [-0.2, -0.15) is 0 Å². The number of nitrogens with one attached hydrogen (secondary N) is 5. The van der Waals surface area contributed by atoms with Crippen LogP contribution in [0.25, 0.3) is 21.5 Å². The van der Waals surface area contributed by atoms with E-state index >= 15 is 0 Å². The Hall–Kier alpha value is -7.00. The molecule has 0 aliphatic carbocycles. The van der Waals surface area contributed by atoms with E-state index in [-0.39, 0.29) is 44.1 Å². The topological polar surface area (TPSA) is 233 Å². The van der Waals surface area contributed by atoms with Crippen LogP contribution >= 0.6 is 0 Å².